The summed E-state index contributed by atoms with van der Waals surface area (Å²) in [5.74, 6) is -0.935. The second-order valence-electron chi connectivity index (χ2n) is 21.1. The zero-order valence-corrected chi connectivity index (χ0v) is 43.9. The summed E-state index contributed by atoms with van der Waals surface area (Å²) in [5, 5.41) is 25.4. The molecule has 3 aliphatic rings. The predicted octanol–water partition coefficient (Wildman–Crippen LogP) is 9.78. The fourth-order valence-electron chi connectivity index (χ4n) is 11.2. The number of likely N-dealkylation sites (tertiary alicyclic amines) is 1. The van der Waals surface area contributed by atoms with E-state index in [4.69, 9.17) is 9.72 Å². The number of piperidine rings is 2. The minimum Gasteiger partial charge on any atom is -0.493 e. The van der Waals surface area contributed by atoms with Crippen LogP contribution < -0.4 is 25.6 Å². The van der Waals surface area contributed by atoms with Gasteiger partial charge in [0.1, 0.15) is 11.6 Å². The Morgan fingerprint density at radius 2 is 1.73 bits per heavy atom. The molecule has 10 rings (SSSR count). The van der Waals surface area contributed by atoms with E-state index < -0.39 is 17.3 Å². The van der Waals surface area contributed by atoms with E-state index in [0.717, 1.165) is 94.1 Å². The molecule has 388 valence electrons. The third-order valence-electron chi connectivity index (χ3n) is 14.9. The molecule has 3 aliphatic heterocycles. The van der Waals surface area contributed by atoms with Crippen molar-refractivity contribution in [3.8, 4) is 16.9 Å². The van der Waals surface area contributed by atoms with Crippen LogP contribution in [0, 0.1) is 12.8 Å². The topological polar surface area (TPSA) is 201 Å². The first kappa shape index (κ1) is 51.0. The van der Waals surface area contributed by atoms with Gasteiger partial charge >= 0.3 is 5.97 Å². The molecule has 2 atom stereocenters. The number of fused-ring (bicyclic) bond motifs is 3. The summed E-state index contributed by atoms with van der Waals surface area (Å²) in [5.41, 5.74) is 7.82. The molecule has 0 saturated carbocycles. The number of aromatic carboxylic acids is 1. The molecule has 0 radical (unpaired) electrons. The van der Waals surface area contributed by atoms with Gasteiger partial charge in [-0.15, -0.1) is 0 Å². The Morgan fingerprint density at radius 3 is 2.53 bits per heavy atom. The monoisotopic (exact) mass is 1030 g/mol. The van der Waals surface area contributed by atoms with Gasteiger partial charge in [-0.2, -0.15) is 5.10 Å². The number of aryl methyl sites for hydroxylation is 1. The van der Waals surface area contributed by atoms with Gasteiger partial charge in [-0.25, -0.2) is 14.8 Å². The van der Waals surface area contributed by atoms with Gasteiger partial charge in [0.25, 0.3) is 5.91 Å². The van der Waals surface area contributed by atoms with Crippen LogP contribution in [0.5, 0.6) is 5.75 Å². The number of hydrogen-bond acceptors (Lipinski definition) is 12. The molecule has 16 nitrogen and oxygen atoms in total. The number of pyridine rings is 1. The van der Waals surface area contributed by atoms with E-state index in [-0.39, 0.29) is 42.3 Å². The number of hydrogen-bond donors (Lipinski definition) is 4. The van der Waals surface area contributed by atoms with Gasteiger partial charge in [-0.1, -0.05) is 80.6 Å². The molecular formula is C58H63N9O7S. The van der Waals surface area contributed by atoms with Crippen LogP contribution in [0.2, 0.25) is 0 Å². The number of carbonyl (C=O) groups is 5. The first-order valence-corrected chi connectivity index (χ1v) is 26.8. The maximum absolute atomic E-state index is 13.8. The molecule has 4 aromatic carbocycles. The normalized spacial score (nSPS) is 17.2. The molecule has 1 unspecified atom stereocenters. The van der Waals surface area contributed by atoms with Crippen LogP contribution in [0.25, 0.3) is 32.2 Å². The molecule has 2 saturated heterocycles. The zero-order chi connectivity index (χ0) is 52.5. The van der Waals surface area contributed by atoms with E-state index in [2.05, 4.69) is 56.6 Å². The number of nitrogens with one attached hydrogen (secondary N) is 3. The molecule has 2 fully saturated rings. The van der Waals surface area contributed by atoms with Crippen molar-refractivity contribution in [1.29, 1.82) is 0 Å². The molecule has 0 bridgehead atoms. The van der Waals surface area contributed by atoms with Crippen molar-refractivity contribution in [3.63, 3.8) is 0 Å². The van der Waals surface area contributed by atoms with Gasteiger partial charge in [0.15, 0.2) is 10.8 Å². The van der Waals surface area contributed by atoms with E-state index in [1.54, 1.807) is 11.7 Å². The number of carboxylic acids is 1. The summed E-state index contributed by atoms with van der Waals surface area (Å²) in [6.45, 7) is 11.7. The van der Waals surface area contributed by atoms with E-state index in [0.29, 0.717) is 77.7 Å². The van der Waals surface area contributed by atoms with Crippen molar-refractivity contribution in [2.45, 2.75) is 96.9 Å². The predicted molar refractivity (Wildman–Crippen MR) is 292 cm³/mol. The summed E-state index contributed by atoms with van der Waals surface area (Å²) in [7, 11) is 1.80. The second-order valence-corrected chi connectivity index (χ2v) is 22.2. The molecule has 3 aromatic heterocycles. The third kappa shape index (κ3) is 10.9. The molecule has 0 aliphatic carbocycles. The average molecular weight is 1030 g/mol. The Hall–Kier alpha value is -7.50. The maximum atomic E-state index is 13.8. The molecule has 75 heavy (non-hydrogen) atoms. The molecule has 4 N–H and O–H groups in total. The van der Waals surface area contributed by atoms with Crippen molar-refractivity contribution in [2.75, 3.05) is 48.3 Å². The highest BCUT2D eigenvalue weighted by Gasteiger charge is 2.34. The SMILES string of the molecule is Cc1c(OCCCC[C@@H]2CCCN(CC(=O)Nc3cccc4c(C5CCC(=O)NC5=O)nn(C)c34)C2)cccc1-c1c(C(C)(C)C)cc(N2CCc3cccc(C(=O)Nc4nc5ccccc5s4)c3C2)nc1C(=O)O. The molecule has 6 heterocycles. The number of carbonyl (C=O) groups excluding carboxylic acids is 4. The van der Waals surface area contributed by atoms with Crippen LogP contribution in [0.15, 0.2) is 84.9 Å². The van der Waals surface area contributed by atoms with Gasteiger partial charge in [0.2, 0.25) is 17.7 Å². The lowest BCUT2D eigenvalue weighted by Crippen LogP contribution is -2.40. The Kier molecular flexibility index (Phi) is 14.5. The average Bonchev–Trinajstić information content (AvgIpc) is 3.95. The molecule has 7 aromatic rings. The van der Waals surface area contributed by atoms with Crippen LogP contribution in [0.1, 0.15) is 120 Å². The van der Waals surface area contributed by atoms with Gasteiger partial charge in [-0.3, -0.25) is 39.4 Å². The molecule has 4 amide bonds. The molecular weight excluding hydrogens is 967 g/mol. The quantitative estimate of drug-likeness (QED) is 0.0561. The lowest BCUT2D eigenvalue weighted by atomic mass is 9.80. The second kappa shape index (κ2) is 21.4. The third-order valence-corrected chi connectivity index (χ3v) is 15.8. The summed E-state index contributed by atoms with van der Waals surface area (Å²) in [6.07, 6.45) is 6.23. The Balaban J connectivity index is 0.767. The number of ether oxygens (including phenoxy) is 1. The van der Waals surface area contributed by atoms with E-state index in [1.165, 1.54) is 11.3 Å². The first-order chi connectivity index (χ1) is 36.1. The number of unbranched alkanes of at least 4 members (excludes halogenated alkanes) is 1. The van der Waals surface area contributed by atoms with Crippen molar-refractivity contribution >= 4 is 78.7 Å². The Labute approximate surface area is 439 Å². The number of imide groups is 1. The highest BCUT2D eigenvalue weighted by Crippen LogP contribution is 2.42. The van der Waals surface area contributed by atoms with Crippen LogP contribution in [-0.2, 0) is 39.8 Å². The van der Waals surface area contributed by atoms with Gasteiger partial charge in [0, 0.05) is 49.6 Å². The fraction of sp³-hybridized carbons (Fsp3) is 0.379. The number of nitrogens with zero attached hydrogens (tertiary/aromatic N) is 6. The minimum absolute atomic E-state index is 0.0317. The maximum Gasteiger partial charge on any atom is 0.355 e. The minimum atomic E-state index is -1.12. The van der Waals surface area contributed by atoms with E-state index in [9.17, 15) is 29.1 Å². The fourth-order valence-corrected chi connectivity index (χ4v) is 12.0. The van der Waals surface area contributed by atoms with Crippen molar-refractivity contribution in [1.82, 2.24) is 30.0 Å². The first-order valence-electron chi connectivity index (χ1n) is 26.0. The summed E-state index contributed by atoms with van der Waals surface area (Å²) in [6, 6.07) is 27.0. The van der Waals surface area contributed by atoms with Crippen molar-refractivity contribution < 1.29 is 33.8 Å². The Bertz CT molecular complexity index is 3340. The molecule has 0 spiro atoms. The smallest absolute Gasteiger partial charge is 0.355 e. The number of carboxylic acid groups (broad SMARTS) is 1. The Morgan fingerprint density at radius 1 is 0.920 bits per heavy atom. The van der Waals surface area contributed by atoms with Crippen molar-refractivity contribution in [2.24, 2.45) is 13.0 Å². The number of benzene rings is 4. The largest absolute Gasteiger partial charge is 0.493 e. The van der Waals surface area contributed by atoms with Crippen LogP contribution >= 0.6 is 11.3 Å². The van der Waals surface area contributed by atoms with Gasteiger partial charge < -0.3 is 20.1 Å². The van der Waals surface area contributed by atoms with Crippen LogP contribution in [-0.4, -0.2) is 92.1 Å². The standard InChI is InChI=1S/C58H63N9O7S/c1-34-37(50-42(58(2,3)4)30-47(61-52(50)56(72)73)67-28-26-36-16-10-18-38(41(36)32-67)54(70)63-57-60-43-20-6-7-23-46(43)75-57)17-12-22-45(34)74-29-9-8-14-35-15-13-27-66(31-35)33-49(69)59-44-21-11-19-39-51(64-65(5)53(39)44)40-24-25-48(68)62-55(40)71/h6-7,10-12,16-23,30,35,40H,8-9,13-15,24-29,31-33H2,1-5H3,(H,59,69)(H,72,73)(H,60,63,70)(H,62,68,71)/t35-,40?/m1/s1. The summed E-state index contributed by atoms with van der Waals surface area (Å²) < 4.78 is 9.13. The number of aromatic nitrogens is 4. The van der Waals surface area contributed by atoms with Crippen LogP contribution in [0.3, 0.4) is 0 Å². The van der Waals surface area contributed by atoms with Crippen molar-refractivity contribution in [3.05, 3.63) is 124 Å². The highest BCUT2D eigenvalue weighted by atomic mass is 32.1. The van der Waals surface area contributed by atoms with E-state index in [1.807, 2.05) is 91.9 Å². The van der Waals surface area contributed by atoms with Crippen LogP contribution in [0.4, 0.5) is 16.6 Å². The lowest BCUT2D eigenvalue weighted by Gasteiger charge is -2.33. The summed E-state index contributed by atoms with van der Waals surface area (Å²) >= 11 is 1.43. The number of thiazole rings is 1. The van der Waals surface area contributed by atoms with Gasteiger partial charge in [0.05, 0.1) is 46.2 Å². The number of rotatable bonds is 15. The highest BCUT2D eigenvalue weighted by molar-refractivity contribution is 7.22. The number of amides is 4. The number of para-hydroxylation sites is 2. The lowest BCUT2D eigenvalue weighted by molar-refractivity contribution is -0.134. The van der Waals surface area contributed by atoms with Gasteiger partial charge in [-0.05, 0) is 134 Å². The number of anilines is 3. The van der Waals surface area contributed by atoms with E-state index >= 15 is 0 Å². The molecule has 17 heteroatoms. The summed E-state index contributed by atoms with van der Waals surface area (Å²) in [4.78, 5) is 78.9. The zero-order valence-electron chi connectivity index (χ0n) is 43.1.